The van der Waals surface area contributed by atoms with Gasteiger partial charge in [0.1, 0.15) is 0 Å². The first kappa shape index (κ1) is 13.3. The molecule has 0 saturated carbocycles. The Morgan fingerprint density at radius 2 is 2.17 bits per heavy atom. The second-order valence-corrected chi connectivity index (χ2v) is 5.68. The number of rotatable bonds is 1. The summed E-state index contributed by atoms with van der Waals surface area (Å²) in [6.07, 6.45) is 0.970. The summed E-state index contributed by atoms with van der Waals surface area (Å²) in [6.45, 7) is 7.37. The van der Waals surface area contributed by atoms with Gasteiger partial charge in [-0.1, -0.05) is 6.92 Å². The van der Waals surface area contributed by atoms with Crippen LogP contribution in [0.2, 0.25) is 0 Å². The van der Waals surface area contributed by atoms with Crippen LogP contribution in [0.25, 0.3) is 0 Å². The van der Waals surface area contributed by atoms with E-state index in [1.54, 1.807) is 0 Å². The molecule has 1 aromatic rings. The first-order valence-corrected chi connectivity index (χ1v) is 6.80. The van der Waals surface area contributed by atoms with Crippen molar-refractivity contribution in [3.8, 4) is 0 Å². The highest BCUT2D eigenvalue weighted by Crippen LogP contribution is 2.23. The number of nitrogens with zero attached hydrogens (tertiary/aromatic N) is 2. The summed E-state index contributed by atoms with van der Waals surface area (Å²) in [4.78, 5) is 18.6. The van der Waals surface area contributed by atoms with Gasteiger partial charge in [0.25, 0.3) is 5.91 Å². The van der Waals surface area contributed by atoms with Crippen molar-refractivity contribution in [3.63, 3.8) is 0 Å². The van der Waals surface area contributed by atoms with Crippen molar-refractivity contribution in [2.75, 3.05) is 13.1 Å². The van der Waals surface area contributed by atoms with Crippen LogP contribution in [0.1, 0.15) is 35.1 Å². The van der Waals surface area contributed by atoms with Crippen LogP contribution >= 0.6 is 11.6 Å². The van der Waals surface area contributed by atoms with E-state index in [0.717, 1.165) is 24.4 Å². The summed E-state index contributed by atoms with van der Waals surface area (Å²) in [6, 6.07) is 3.74. The van der Waals surface area contributed by atoms with Crippen molar-refractivity contribution in [2.24, 2.45) is 5.92 Å². The fraction of sp³-hybridized carbons (Fsp3) is 0.571. The molecule has 2 rings (SSSR count). The van der Waals surface area contributed by atoms with Crippen LogP contribution in [-0.4, -0.2) is 34.3 Å². The van der Waals surface area contributed by atoms with Gasteiger partial charge in [-0.2, -0.15) is 0 Å². The van der Waals surface area contributed by atoms with Crippen molar-refractivity contribution < 1.29 is 4.79 Å². The smallest absolute Gasteiger partial charge is 0.255 e. The third-order valence-electron chi connectivity index (χ3n) is 3.61. The molecule has 1 aromatic heterocycles. The predicted octanol–water partition coefficient (Wildman–Crippen LogP) is 2.79. The first-order valence-electron chi connectivity index (χ1n) is 6.36. The van der Waals surface area contributed by atoms with Crippen LogP contribution in [0, 0.1) is 19.8 Å². The third-order valence-corrected chi connectivity index (χ3v) is 4.18. The minimum absolute atomic E-state index is 0.0533. The molecule has 0 radical (unpaired) electrons. The average molecular weight is 267 g/mol. The molecule has 0 spiro atoms. The lowest BCUT2D eigenvalue weighted by Crippen LogP contribution is -2.44. The van der Waals surface area contributed by atoms with Gasteiger partial charge in [0.05, 0.1) is 16.6 Å². The zero-order valence-electron chi connectivity index (χ0n) is 11.1. The van der Waals surface area contributed by atoms with Gasteiger partial charge < -0.3 is 4.90 Å². The molecule has 3 nitrogen and oxygen atoms in total. The fourth-order valence-electron chi connectivity index (χ4n) is 2.29. The Bertz CT molecular complexity index is 461. The van der Waals surface area contributed by atoms with E-state index in [-0.39, 0.29) is 11.3 Å². The molecule has 1 aliphatic heterocycles. The molecular formula is C14H19ClN2O. The highest BCUT2D eigenvalue weighted by atomic mass is 35.5. The summed E-state index contributed by atoms with van der Waals surface area (Å²) < 4.78 is 0. The average Bonchev–Trinajstić information content (AvgIpc) is 2.32. The first-order chi connectivity index (χ1) is 8.49. The highest BCUT2D eigenvalue weighted by molar-refractivity contribution is 6.21. The van der Waals surface area contributed by atoms with Gasteiger partial charge in [-0.05, 0) is 38.3 Å². The van der Waals surface area contributed by atoms with Crippen LogP contribution in [0.5, 0.6) is 0 Å². The maximum atomic E-state index is 12.4. The normalized spacial score (nSPS) is 24.1. The van der Waals surface area contributed by atoms with Crippen molar-refractivity contribution in [1.29, 1.82) is 0 Å². The Morgan fingerprint density at radius 1 is 1.44 bits per heavy atom. The number of alkyl halides is 1. The number of carbonyl (C=O) groups is 1. The molecule has 0 bridgehead atoms. The monoisotopic (exact) mass is 266 g/mol. The van der Waals surface area contributed by atoms with Crippen molar-refractivity contribution in [3.05, 3.63) is 29.1 Å². The predicted molar refractivity (Wildman–Crippen MR) is 73.0 cm³/mol. The van der Waals surface area contributed by atoms with Crippen LogP contribution in [0.4, 0.5) is 0 Å². The van der Waals surface area contributed by atoms with Gasteiger partial charge in [0, 0.05) is 18.8 Å². The van der Waals surface area contributed by atoms with Crippen LogP contribution < -0.4 is 0 Å². The Balaban J connectivity index is 2.16. The minimum Gasteiger partial charge on any atom is -0.337 e. The Hall–Kier alpha value is -1.09. The number of amides is 1. The molecule has 2 heterocycles. The number of hydrogen-bond donors (Lipinski definition) is 0. The van der Waals surface area contributed by atoms with Crippen molar-refractivity contribution in [1.82, 2.24) is 9.88 Å². The summed E-state index contributed by atoms with van der Waals surface area (Å²) in [5.74, 6) is 0.533. The molecule has 98 valence electrons. The molecule has 18 heavy (non-hydrogen) atoms. The van der Waals surface area contributed by atoms with Crippen LogP contribution in [0.15, 0.2) is 12.1 Å². The van der Waals surface area contributed by atoms with Crippen LogP contribution in [-0.2, 0) is 0 Å². The van der Waals surface area contributed by atoms with Crippen LogP contribution in [0.3, 0.4) is 0 Å². The number of pyridine rings is 1. The fourth-order valence-corrected chi connectivity index (χ4v) is 2.58. The molecule has 4 heteroatoms. The Kier molecular flexibility index (Phi) is 3.91. The summed E-state index contributed by atoms with van der Waals surface area (Å²) in [7, 11) is 0. The number of halogens is 1. The van der Waals surface area contributed by atoms with E-state index in [1.165, 1.54) is 0 Å². The molecule has 0 N–H and O–H groups in total. The molecule has 0 aliphatic carbocycles. The molecule has 1 amide bonds. The quantitative estimate of drug-likeness (QED) is 0.733. The number of likely N-dealkylation sites (tertiary alicyclic amines) is 1. The lowest BCUT2D eigenvalue weighted by atomic mass is 9.98. The standard InChI is InChI=1S/C14H19ClN2O/c1-9-6-7-17(8-13(9)15)14(18)12-5-4-10(2)16-11(12)3/h4-5,9,13H,6-8H2,1-3H3. The second kappa shape index (κ2) is 5.27. The van der Waals surface area contributed by atoms with Gasteiger partial charge in [0.15, 0.2) is 0 Å². The summed E-state index contributed by atoms with van der Waals surface area (Å²) >= 11 is 6.25. The molecule has 2 atom stereocenters. The zero-order valence-corrected chi connectivity index (χ0v) is 11.9. The van der Waals surface area contributed by atoms with Gasteiger partial charge in [-0.25, -0.2) is 0 Å². The number of carbonyl (C=O) groups excluding carboxylic acids is 1. The zero-order chi connectivity index (χ0) is 13.3. The molecule has 1 fully saturated rings. The molecule has 2 unspecified atom stereocenters. The van der Waals surface area contributed by atoms with Crippen molar-refractivity contribution >= 4 is 17.5 Å². The number of aromatic nitrogens is 1. The van der Waals surface area contributed by atoms with E-state index in [9.17, 15) is 4.79 Å². The van der Waals surface area contributed by atoms with E-state index in [4.69, 9.17) is 11.6 Å². The minimum atomic E-state index is 0.0533. The number of piperidine rings is 1. The van der Waals surface area contributed by atoms with E-state index in [0.29, 0.717) is 18.0 Å². The molecular weight excluding hydrogens is 248 g/mol. The van der Waals surface area contributed by atoms with Crippen molar-refractivity contribution in [2.45, 2.75) is 32.6 Å². The lowest BCUT2D eigenvalue weighted by Gasteiger charge is -2.34. The van der Waals surface area contributed by atoms with Gasteiger partial charge in [-0.3, -0.25) is 9.78 Å². The maximum Gasteiger partial charge on any atom is 0.255 e. The van der Waals surface area contributed by atoms with Gasteiger partial charge in [-0.15, -0.1) is 11.6 Å². The SMILES string of the molecule is Cc1ccc(C(=O)N2CCC(C)C(Cl)C2)c(C)n1. The van der Waals surface area contributed by atoms with E-state index < -0.39 is 0 Å². The number of hydrogen-bond acceptors (Lipinski definition) is 2. The molecule has 1 aliphatic rings. The van der Waals surface area contributed by atoms with E-state index >= 15 is 0 Å². The second-order valence-electron chi connectivity index (χ2n) is 5.12. The van der Waals surface area contributed by atoms with Gasteiger partial charge in [0.2, 0.25) is 0 Å². The number of aryl methyl sites for hydroxylation is 2. The third kappa shape index (κ3) is 2.66. The summed E-state index contributed by atoms with van der Waals surface area (Å²) in [5, 5.41) is 0.0569. The van der Waals surface area contributed by atoms with Gasteiger partial charge >= 0.3 is 0 Å². The Labute approximate surface area is 113 Å². The van der Waals surface area contributed by atoms with E-state index in [2.05, 4.69) is 11.9 Å². The molecule has 0 aromatic carbocycles. The maximum absolute atomic E-state index is 12.4. The lowest BCUT2D eigenvalue weighted by molar-refractivity contribution is 0.0700. The highest BCUT2D eigenvalue weighted by Gasteiger charge is 2.28. The Morgan fingerprint density at radius 3 is 2.78 bits per heavy atom. The molecule has 1 saturated heterocycles. The topological polar surface area (TPSA) is 33.2 Å². The van der Waals surface area contributed by atoms with E-state index in [1.807, 2.05) is 30.9 Å². The largest absolute Gasteiger partial charge is 0.337 e. The summed E-state index contributed by atoms with van der Waals surface area (Å²) in [5.41, 5.74) is 2.43.